The van der Waals surface area contributed by atoms with Gasteiger partial charge in [-0.05, 0) is 25.3 Å². The van der Waals surface area contributed by atoms with Crippen molar-refractivity contribution in [2.75, 3.05) is 13.2 Å². The van der Waals surface area contributed by atoms with Crippen molar-refractivity contribution in [1.29, 1.82) is 0 Å². The number of hydrogen-bond acceptors (Lipinski definition) is 7. The third kappa shape index (κ3) is 3.10. The van der Waals surface area contributed by atoms with Crippen LogP contribution in [-0.4, -0.2) is 70.6 Å². The summed E-state index contributed by atoms with van der Waals surface area (Å²) >= 11 is 0. The number of fused-ring (bicyclic) bond motifs is 2. The Bertz CT molecular complexity index is 780. The molecule has 3 fully saturated rings. The molecular weight excluding hydrogens is 388 g/mol. The van der Waals surface area contributed by atoms with E-state index in [0.717, 1.165) is 18.4 Å². The van der Waals surface area contributed by atoms with Gasteiger partial charge in [-0.15, -0.1) is 0 Å². The fourth-order valence-electron chi connectivity index (χ4n) is 5.72. The van der Waals surface area contributed by atoms with Gasteiger partial charge in [-0.2, -0.15) is 0 Å². The van der Waals surface area contributed by atoms with E-state index in [9.17, 15) is 20.1 Å². The Balaban J connectivity index is 1.52. The molecule has 1 spiro atoms. The summed E-state index contributed by atoms with van der Waals surface area (Å²) in [5, 5.41) is 28.4. The van der Waals surface area contributed by atoms with Gasteiger partial charge in [0.1, 0.15) is 11.7 Å². The van der Waals surface area contributed by atoms with Crippen LogP contribution in [-0.2, 0) is 19.0 Å². The van der Waals surface area contributed by atoms with Crippen molar-refractivity contribution < 1.29 is 34.3 Å². The molecule has 0 radical (unpaired) electrons. The first-order chi connectivity index (χ1) is 14.2. The average molecular weight is 421 g/mol. The van der Waals surface area contributed by atoms with Gasteiger partial charge in [-0.25, -0.2) is 4.79 Å². The minimum absolute atomic E-state index is 0.0411. The lowest BCUT2D eigenvalue weighted by Crippen LogP contribution is -2.63. The van der Waals surface area contributed by atoms with Crippen LogP contribution in [0.4, 0.5) is 0 Å². The number of epoxide rings is 1. The Labute approximate surface area is 177 Å². The highest BCUT2D eigenvalue weighted by Crippen LogP contribution is 2.71. The van der Waals surface area contributed by atoms with Crippen LogP contribution in [0.25, 0.3) is 0 Å². The second kappa shape index (κ2) is 7.57. The van der Waals surface area contributed by atoms with Gasteiger partial charge in [0.25, 0.3) is 0 Å². The van der Waals surface area contributed by atoms with Gasteiger partial charge < -0.3 is 29.5 Å². The fraction of sp³-hybridized carbons (Fsp3) is 0.696. The largest absolute Gasteiger partial charge is 0.458 e. The van der Waals surface area contributed by atoms with Crippen LogP contribution in [0.2, 0.25) is 0 Å². The zero-order valence-corrected chi connectivity index (χ0v) is 17.8. The van der Waals surface area contributed by atoms with Crippen LogP contribution in [0.1, 0.15) is 40.0 Å². The van der Waals surface area contributed by atoms with Crippen LogP contribution in [0.3, 0.4) is 0 Å². The molecule has 4 aliphatic rings. The van der Waals surface area contributed by atoms with Crippen LogP contribution >= 0.6 is 0 Å². The molecule has 0 amide bonds. The zero-order valence-electron chi connectivity index (χ0n) is 17.8. The van der Waals surface area contributed by atoms with Crippen molar-refractivity contribution >= 4 is 5.97 Å². The molecule has 2 heterocycles. The molecule has 2 saturated heterocycles. The minimum Gasteiger partial charge on any atom is -0.458 e. The predicted octanol–water partition coefficient (Wildman–Crippen LogP) is 1.42. The number of hydrogen-bond donors (Lipinski definition) is 3. The SMILES string of the molecule is C[C@@H](O)[C@@H](O)/C=C/C=C\C(=O)O[C@@H]1CC2OC3C=C(CO)CC[C@]3(C)C1(C)C21CO1. The van der Waals surface area contributed by atoms with Crippen molar-refractivity contribution in [2.24, 2.45) is 10.8 Å². The summed E-state index contributed by atoms with van der Waals surface area (Å²) in [7, 11) is 0. The first-order valence-electron chi connectivity index (χ1n) is 10.7. The number of allylic oxidation sites excluding steroid dienone is 2. The summed E-state index contributed by atoms with van der Waals surface area (Å²) in [6.45, 7) is 6.48. The van der Waals surface area contributed by atoms with Crippen molar-refractivity contribution in [3.63, 3.8) is 0 Å². The van der Waals surface area contributed by atoms with E-state index in [-0.39, 0.29) is 30.3 Å². The lowest BCUT2D eigenvalue weighted by molar-refractivity contribution is -0.209. The smallest absolute Gasteiger partial charge is 0.331 e. The quantitative estimate of drug-likeness (QED) is 0.196. The van der Waals surface area contributed by atoms with Crippen LogP contribution < -0.4 is 0 Å². The molecule has 7 nitrogen and oxygen atoms in total. The fourth-order valence-corrected chi connectivity index (χ4v) is 5.72. The molecule has 0 aromatic carbocycles. The number of aliphatic hydroxyl groups is 3. The normalized spacial score (nSPS) is 44.2. The van der Waals surface area contributed by atoms with E-state index in [4.69, 9.17) is 14.2 Å². The maximum Gasteiger partial charge on any atom is 0.331 e. The predicted molar refractivity (Wildman–Crippen MR) is 108 cm³/mol. The molecule has 8 atom stereocenters. The summed E-state index contributed by atoms with van der Waals surface area (Å²) in [6.07, 6.45) is 7.53. The lowest BCUT2D eigenvalue weighted by Gasteiger charge is -2.57. The van der Waals surface area contributed by atoms with Gasteiger partial charge in [0.15, 0.2) is 0 Å². The summed E-state index contributed by atoms with van der Waals surface area (Å²) in [5.41, 5.74) is -0.0904. The van der Waals surface area contributed by atoms with E-state index in [1.165, 1.54) is 31.2 Å². The maximum absolute atomic E-state index is 12.5. The monoisotopic (exact) mass is 420 g/mol. The Morgan fingerprint density at radius 2 is 2.10 bits per heavy atom. The summed E-state index contributed by atoms with van der Waals surface area (Å²) in [4.78, 5) is 12.5. The topological polar surface area (TPSA) is 109 Å². The number of rotatable bonds is 6. The minimum atomic E-state index is -0.984. The number of aliphatic hydroxyl groups excluding tert-OH is 3. The highest BCUT2D eigenvalue weighted by Gasteiger charge is 2.81. The second-order valence-electron chi connectivity index (χ2n) is 9.46. The zero-order chi connectivity index (χ0) is 21.7. The Morgan fingerprint density at radius 1 is 1.37 bits per heavy atom. The van der Waals surface area contributed by atoms with Crippen molar-refractivity contribution in [2.45, 2.75) is 76.2 Å². The molecule has 166 valence electrons. The van der Waals surface area contributed by atoms with Crippen molar-refractivity contribution in [3.8, 4) is 0 Å². The molecule has 2 aliphatic carbocycles. The molecule has 2 bridgehead atoms. The van der Waals surface area contributed by atoms with E-state index >= 15 is 0 Å². The van der Waals surface area contributed by atoms with E-state index in [2.05, 4.69) is 13.8 Å². The van der Waals surface area contributed by atoms with Gasteiger partial charge >= 0.3 is 5.97 Å². The molecular formula is C23H32O7. The van der Waals surface area contributed by atoms with Crippen LogP contribution in [0.15, 0.2) is 36.0 Å². The second-order valence-corrected chi connectivity index (χ2v) is 9.46. The van der Waals surface area contributed by atoms with Crippen molar-refractivity contribution in [3.05, 3.63) is 36.0 Å². The number of ether oxygens (including phenoxy) is 3. The molecule has 4 rings (SSSR count). The van der Waals surface area contributed by atoms with E-state index in [1.807, 2.05) is 6.08 Å². The van der Waals surface area contributed by atoms with Gasteiger partial charge in [0.05, 0.1) is 37.6 Å². The Morgan fingerprint density at radius 3 is 2.73 bits per heavy atom. The Kier molecular flexibility index (Phi) is 5.48. The van der Waals surface area contributed by atoms with Gasteiger partial charge in [0, 0.05) is 23.3 Å². The summed E-state index contributed by atoms with van der Waals surface area (Å²) < 4.78 is 18.3. The highest BCUT2D eigenvalue weighted by atomic mass is 16.6. The standard InChI is InChI=1S/C23H32O7/c1-14(25)16(26)6-4-5-7-20(27)30-18-11-19-23(13-28-23)22(18,3)21(2)9-8-15(12-24)10-17(21)29-19/h4-7,10,14,16-19,24-26H,8-9,11-13H2,1-3H3/b6-4+,7-5-/t14-,16+,17?,18-,19?,21+,22?,23?/m1/s1. The third-order valence-corrected chi connectivity index (χ3v) is 8.01. The molecule has 30 heavy (non-hydrogen) atoms. The summed E-state index contributed by atoms with van der Waals surface area (Å²) in [5.74, 6) is -0.455. The molecule has 2 aliphatic heterocycles. The highest BCUT2D eigenvalue weighted by molar-refractivity contribution is 5.82. The number of carbonyl (C=O) groups excluding carboxylic acids is 1. The molecule has 7 heteroatoms. The molecule has 4 unspecified atom stereocenters. The van der Waals surface area contributed by atoms with E-state index < -0.39 is 29.2 Å². The van der Waals surface area contributed by atoms with Gasteiger partial charge in [-0.1, -0.05) is 38.2 Å². The summed E-state index contributed by atoms with van der Waals surface area (Å²) in [6, 6.07) is 0. The van der Waals surface area contributed by atoms with E-state index in [1.54, 1.807) is 0 Å². The van der Waals surface area contributed by atoms with Crippen molar-refractivity contribution in [1.82, 2.24) is 0 Å². The number of esters is 1. The lowest BCUT2D eigenvalue weighted by atomic mass is 9.52. The maximum atomic E-state index is 12.5. The molecule has 0 aromatic heterocycles. The van der Waals surface area contributed by atoms with Gasteiger partial charge in [-0.3, -0.25) is 0 Å². The Hall–Kier alpha value is -1.51. The molecule has 3 N–H and O–H groups in total. The number of carbonyl (C=O) groups is 1. The molecule has 1 saturated carbocycles. The van der Waals surface area contributed by atoms with Crippen LogP contribution in [0.5, 0.6) is 0 Å². The average Bonchev–Trinajstić information content (AvgIpc) is 3.48. The van der Waals surface area contributed by atoms with E-state index in [0.29, 0.717) is 13.0 Å². The first-order valence-corrected chi connectivity index (χ1v) is 10.7. The molecule has 0 aromatic rings. The van der Waals surface area contributed by atoms with Crippen LogP contribution in [0, 0.1) is 10.8 Å². The van der Waals surface area contributed by atoms with Gasteiger partial charge in [0.2, 0.25) is 0 Å². The first kappa shape index (κ1) is 21.7. The third-order valence-electron chi connectivity index (χ3n) is 8.01.